The molecule has 0 aliphatic heterocycles. The van der Waals surface area contributed by atoms with Crippen molar-refractivity contribution >= 4 is 17.7 Å². The van der Waals surface area contributed by atoms with Crippen LogP contribution in [0, 0.1) is 0 Å². The predicted molar refractivity (Wildman–Crippen MR) is 61.3 cm³/mol. The van der Waals surface area contributed by atoms with E-state index in [1.165, 1.54) is 11.8 Å². The Kier molecular flexibility index (Phi) is 4.31. The summed E-state index contributed by atoms with van der Waals surface area (Å²) in [6, 6.07) is 0.164. The number of nitrogens with two attached hydrogens (primary N) is 1. The molecule has 3 N–H and O–H groups in total. The van der Waals surface area contributed by atoms with Crippen molar-refractivity contribution in [3.05, 3.63) is 5.82 Å². The summed E-state index contributed by atoms with van der Waals surface area (Å²) < 4.78 is 1.87. The fraction of sp³-hybridized carbons (Fsp3) is 0.667. The Morgan fingerprint density at radius 1 is 1.50 bits per heavy atom. The van der Waals surface area contributed by atoms with Crippen molar-refractivity contribution in [2.75, 3.05) is 0 Å². The molecule has 1 unspecified atom stereocenters. The van der Waals surface area contributed by atoms with Gasteiger partial charge in [0.25, 0.3) is 0 Å². The van der Waals surface area contributed by atoms with Gasteiger partial charge in [0.1, 0.15) is 11.1 Å². The van der Waals surface area contributed by atoms with E-state index in [1.807, 2.05) is 18.4 Å². The molecule has 0 spiro atoms. The zero-order valence-electron chi connectivity index (χ0n) is 9.54. The lowest BCUT2D eigenvalue weighted by Gasteiger charge is -2.13. The van der Waals surface area contributed by atoms with Crippen molar-refractivity contribution in [2.24, 2.45) is 5.73 Å². The minimum absolute atomic E-state index is 0.164. The molecule has 0 aromatic carbocycles. The maximum absolute atomic E-state index is 10.8. The lowest BCUT2D eigenvalue weighted by molar-refractivity contribution is -0.136. The van der Waals surface area contributed by atoms with E-state index in [0.29, 0.717) is 17.5 Å². The molecular formula is C9H16N4O2S. The van der Waals surface area contributed by atoms with Crippen LogP contribution in [0.25, 0.3) is 0 Å². The highest BCUT2D eigenvalue weighted by Gasteiger charge is 2.20. The summed E-state index contributed by atoms with van der Waals surface area (Å²) in [5.74, 6) is -0.187. The summed E-state index contributed by atoms with van der Waals surface area (Å²) in [7, 11) is 0. The predicted octanol–water partition coefficient (Wildman–Crippen LogP) is 0.883. The van der Waals surface area contributed by atoms with Crippen molar-refractivity contribution in [3.63, 3.8) is 0 Å². The first kappa shape index (κ1) is 13.0. The third-order valence-corrected chi connectivity index (χ3v) is 3.11. The highest BCUT2D eigenvalue weighted by Crippen LogP contribution is 2.25. The Hall–Kier alpha value is -1.08. The molecule has 0 fully saturated rings. The maximum atomic E-state index is 10.8. The van der Waals surface area contributed by atoms with E-state index in [0.717, 1.165) is 0 Å². The molecular weight excluding hydrogens is 228 g/mol. The molecule has 0 bridgehead atoms. The molecule has 1 aromatic rings. The van der Waals surface area contributed by atoms with Crippen molar-refractivity contribution in [1.29, 1.82) is 0 Å². The van der Waals surface area contributed by atoms with E-state index < -0.39 is 11.2 Å². The highest BCUT2D eigenvalue weighted by atomic mass is 32.2. The molecule has 0 amide bonds. The molecule has 0 saturated carbocycles. The second kappa shape index (κ2) is 5.31. The Balaban J connectivity index is 2.96. The van der Waals surface area contributed by atoms with Crippen LogP contribution in [0.5, 0.6) is 0 Å². The number of hydrogen-bond donors (Lipinski definition) is 2. The lowest BCUT2D eigenvalue weighted by Crippen LogP contribution is -2.15. The molecule has 1 rings (SSSR count). The first-order valence-corrected chi connectivity index (χ1v) is 5.88. The van der Waals surface area contributed by atoms with Gasteiger partial charge in [-0.3, -0.25) is 4.79 Å². The Morgan fingerprint density at radius 2 is 2.12 bits per heavy atom. The van der Waals surface area contributed by atoms with Gasteiger partial charge in [-0.25, -0.2) is 0 Å². The summed E-state index contributed by atoms with van der Waals surface area (Å²) in [5, 5.41) is 16.8. The first-order valence-electron chi connectivity index (χ1n) is 5.00. The van der Waals surface area contributed by atoms with Gasteiger partial charge in [-0.1, -0.05) is 11.8 Å². The van der Waals surface area contributed by atoms with E-state index >= 15 is 0 Å². The average Bonchev–Trinajstić information content (AvgIpc) is 2.60. The van der Waals surface area contributed by atoms with E-state index in [1.54, 1.807) is 6.92 Å². The monoisotopic (exact) mass is 244 g/mol. The quantitative estimate of drug-likeness (QED) is 0.747. The molecule has 16 heavy (non-hydrogen) atoms. The minimum atomic E-state index is -0.863. The fourth-order valence-corrected chi connectivity index (χ4v) is 2.19. The number of thioether (sulfide) groups is 1. The third-order valence-electron chi connectivity index (χ3n) is 2.06. The maximum Gasteiger partial charge on any atom is 0.316 e. The summed E-state index contributed by atoms with van der Waals surface area (Å²) in [6.45, 7) is 5.89. The molecule has 90 valence electrons. The van der Waals surface area contributed by atoms with Gasteiger partial charge < -0.3 is 15.4 Å². The van der Waals surface area contributed by atoms with Gasteiger partial charge >= 0.3 is 5.97 Å². The van der Waals surface area contributed by atoms with Crippen molar-refractivity contribution in [1.82, 2.24) is 14.8 Å². The average molecular weight is 244 g/mol. The number of rotatable bonds is 5. The van der Waals surface area contributed by atoms with Crippen LogP contribution in [0.15, 0.2) is 5.16 Å². The largest absolute Gasteiger partial charge is 0.480 e. The lowest BCUT2D eigenvalue weighted by atomic mass is 10.4. The zero-order valence-corrected chi connectivity index (χ0v) is 10.4. The smallest absolute Gasteiger partial charge is 0.316 e. The normalized spacial score (nSPS) is 13.1. The van der Waals surface area contributed by atoms with Crippen LogP contribution in [-0.2, 0) is 11.3 Å². The molecule has 0 saturated heterocycles. The third kappa shape index (κ3) is 2.73. The molecule has 1 atom stereocenters. The number of nitrogens with zero attached hydrogens (tertiary/aromatic N) is 3. The highest BCUT2D eigenvalue weighted by molar-refractivity contribution is 8.00. The zero-order chi connectivity index (χ0) is 12.3. The number of carboxylic acid groups (broad SMARTS) is 1. The molecule has 7 heteroatoms. The van der Waals surface area contributed by atoms with Crippen LogP contribution < -0.4 is 5.73 Å². The van der Waals surface area contributed by atoms with Gasteiger partial charge in [0.05, 0.1) is 6.54 Å². The summed E-state index contributed by atoms with van der Waals surface area (Å²) in [5.41, 5.74) is 5.54. The fourth-order valence-electron chi connectivity index (χ4n) is 1.25. The number of hydrogen-bond acceptors (Lipinski definition) is 5. The van der Waals surface area contributed by atoms with Crippen LogP contribution in [-0.4, -0.2) is 31.1 Å². The first-order chi connectivity index (χ1) is 7.47. The van der Waals surface area contributed by atoms with E-state index in [-0.39, 0.29) is 6.04 Å². The van der Waals surface area contributed by atoms with Crippen molar-refractivity contribution in [3.8, 4) is 0 Å². The van der Waals surface area contributed by atoms with Crippen LogP contribution in [0.1, 0.15) is 32.6 Å². The van der Waals surface area contributed by atoms with Gasteiger partial charge in [-0.2, -0.15) is 0 Å². The molecule has 0 radical (unpaired) electrons. The number of carboxylic acids is 1. The van der Waals surface area contributed by atoms with Gasteiger partial charge in [-0.15, -0.1) is 10.2 Å². The van der Waals surface area contributed by atoms with Gasteiger partial charge in [0, 0.05) is 6.04 Å². The molecule has 6 nitrogen and oxygen atoms in total. The van der Waals surface area contributed by atoms with Crippen molar-refractivity contribution in [2.45, 2.75) is 43.8 Å². The van der Waals surface area contributed by atoms with E-state index in [9.17, 15) is 4.79 Å². The van der Waals surface area contributed by atoms with Crippen LogP contribution in [0.3, 0.4) is 0 Å². The SMILES string of the molecule is CC(Sc1nnc(CN)n1C(C)C)C(=O)O. The summed E-state index contributed by atoms with van der Waals surface area (Å²) >= 11 is 1.18. The second-order valence-electron chi connectivity index (χ2n) is 3.66. The second-order valence-corrected chi connectivity index (χ2v) is 4.97. The minimum Gasteiger partial charge on any atom is -0.480 e. The summed E-state index contributed by atoms with van der Waals surface area (Å²) in [4.78, 5) is 10.8. The van der Waals surface area contributed by atoms with Gasteiger partial charge in [-0.05, 0) is 20.8 Å². The molecule has 1 aromatic heterocycles. The number of aliphatic carboxylic acids is 1. The Morgan fingerprint density at radius 3 is 2.56 bits per heavy atom. The van der Waals surface area contributed by atoms with Gasteiger partial charge in [0.15, 0.2) is 5.16 Å². The van der Waals surface area contributed by atoms with Gasteiger partial charge in [0.2, 0.25) is 0 Å². The molecule has 0 aliphatic rings. The van der Waals surface area contributed by atoms with Crippen LogP contribution in [0.4, 0.5) is 0 Å². The standard InChI is InChI=1S/C9H16N4O2S/c1-5(2)13-7(4-10)11-12-9(13)16-6(3)8(14)15/h5-6H,4,10H2,1-3H3,(H,14,15). The number of carbonyl (C=O) groups is 1. The Labute approximate surface area is 98.2 Å². The molecule has 1 heterocycles. The Bertz CT molecular complexity index is 378. The summed E-state index contributed by atoms with van der Waals surface area (Å²) in [6.07, 6.45) is 0. The number of aromatic nitrogens is 3. The van der Waals surface area contributed by atoms with Crippen LogP contribution >= 0.6 is 11.8 Å². The topological polar surface area (TPSA) is 94.0 Å². The van der Waals surface area contributed by atoms with Crippen LogP contribution in [0.2, 0.25) is 0 Å². The molecule has 0 aliphatic carbocycles. The van der Waals surface area contributed by atoms with Crippen molar-refractivity contribution < 1.29 is 9.90 Å². The van der Waals surface area contributed by atoms with E-state index in [2.05, 4.69) is 10.2 Å². The van der Waals surface area contributed by atoms with E-state index in [4.69, 9.17) is 10.8 Å².